The normalized spacial score (nSPS) is 10.5. The number of ether oxygens (including phenoxy) is 1. The third kappa shape index (κ3) is 3.17. The molecule has 0 aliphatic heterocycles. The Kier molecular flexibility index (Phi) is 4.37. The number of anilines is 2. The Balaban J connectivity index is 1.88. The standard InChI is InChI=1S/C18H15F2N3O/c1-11-8-15(16(24-2)10-21-11)23-17-7-6-12(9-22-17)13-4-3-5-14(19)18(13)20/h3-10H,1-2H3,(H,21,22,23). The second-order valence-electron chi connectivity index (χ2n) is 5.18. The predicted octanol–water partition coefficient (Wildman–Crippen LogP) is 4.48. The Bertz CT molecular complexity index is 867. The Hall–Kier alpha value is -3.02. The lowest BCUT2D eigenvalue weighted by molar-refractivity contribution is 0.414. The summed E-state index contributed by atoms with van der Waals surface area (Å²) in [5.41, 5.74) is 2.22. The first-order valence-corrected chi connectivity index (χ1v) is 7.26. The molecule has 2 heterocycles. The molecule has 0 saturated carbocycles. The van der Waals surface area contributed by atoms with Crippen LogP contribution in [-0.4, -0.2) is 17.1 Å². The van der Waals surface area contributed by atoms with Crippen LogP contribution in [0.1, 0.15) is 5.69 Å². The van der Waals surface area contributed by atoms with Crippen molar-refractivity contribution in [2.75, 3.05) is 12.4 Å². The van der Waals surface area contributed by atoms with Crippen molar-refractivity contribution in [1.29, 1.82) is 0 Å². The second-order valence-corrected chi connectivity index (χ2v) is 5.18. The lowest BCUT2D eigenvalue weighted by atomic mass is 10.1. The number of pyridine rings is 2. The SMILES string of the molecule is COc1cnc(C)cc1Nc1ccc(-c2cccc(F)c2F)cn1. The van der Waals surface area contributed by atoms with Gasteiger partial charge in [0.1, 0.15) is 5.82 Å². The average Bonchev–Trinajstić information content (AvgIpc) is 2.58. The van der Waals surface area contributed by atoms with Gasteiger partial charge in [-0.15, -0.1) is 0 Å². The van der Waals surface area contributed by atoms with E-state index in [1.54, 1.807) is 25.4 Å². The number of methoxy groups -OCH3 is 1. The monoisotopic (exact) mass is 327 g/mol. The highest BCUT2D eigenvalue weighted by atomic mass is 19.2. The van der Waals surface area contributed by atoms with Crippen LogP contribution in [0, 0.1) is 18.6 Å². The first-order valence-electron chi connectivity index (χ1n) is 7.26. The molecule has 0 fully saturated rings. The molecular formula is C18H15F2N3O. The molecule has 122 valence electrons. The minimum atomic E-state index is -0.883. The molecule has 0 radical (unpaired) electrons. The van der Waals surface area contributed by atoms with Crippen molar-refractivity contribution in [3.8, 4) is 16.9 Å². The molecule has 0 unspecified atom stereocenters. The van der Waals surface area contributed by atoms with Gasteiger partial charge in [0.25, 0.3) is 0 Å². The number of nitrogens with one attached hydrogen (secondary N) is 1. The van der Waals surface area contributed by atoms with Gasteiger partial charge >= 0.3 is 0 Å². The smallest absolute Gasteiger partial charge is 0.166 e. The summed E-state index contributed by atoms with van der Waals surface area (Å²) in [7, 11) is 1.56. The minimum Gasteiger partial charge on any atom is -0.493 e. The summed E-state index contributed by atoms with van der Waals surface area (Å²) < 4.78 is 32.4. The number of aryl methyl sites for hydroxylation is 1. The number of benzene rings is 1. The number of nitrogens with zero attached hydrogens (tertiary/aromatic N) is 2. The van der Waals surface area contributed by atoms with Crippen molar-refractivity contribution in [2.24, 2.45) is 0 Å². The highest BCUT2D eigenvalue weighted by Gasteiger charge is 2.10. The Morgan fingerprint density at radius 3 is 2.58 bits per heavy atom. The summed E-state index contributed by atoms with van der Waals surface area (Å²) in [5, 5.41) is 3.13. The van der Waals surface area contributed by atoms with Gasteiger partial charge < -0.3 is 10.1 Å². The van der Waals surface area contributed by atoms with Gasteiger partial charge in [-0.1, -0.05) is 12.1 Å². The van der Waals surface area contributed by atoms with Gasteiger partial charge in [-0.05, 0) is 31.2 Å². The molecule has 2 aromatic heterocycles. The van der Waals surface area contributed by atoms with E-state index in [1.165, 1.54) is 18.3 Å². The molecule has 0 aliphatic carbocycles. The summed E-state index contributed by atoms with van der Waals surface area (Å²) in [6, 6.07) is 9.26. The molecule has 3 rings (SSSR count). The van der Waals surface area contributed by atoms with Crippen LogP contribution in [0.4, 0.5) is 20.3 Å². The zero-order chi connectivity index (χ0) is 17.1. The summed E-state index contributed by atoms with van der Waals surface area (Å²) in [5.74, 6) is -0.625. The third-order valence-corrected chi connectivity index (χ3v) is 3.51. The van der Waals surface area contributed by atoms with Crippen molar-refractivity contribution < 1.29 is 13.5 Å². The van der Waals surface area contributed by atoms with Crippen molar-refractivity contribution in [1.82, 2.24) is 9.97 Å². The van der Waals surface area contributed by atoms with Crippen molar-refractivity contribution in [3.05, 3.63) is 66.1 Å². The van der Waals surface area contributed by atoms with E-state index in [9.17, 15) is 8.78 Å². The van der Waals surface area contributed by atoms with E-state index < -0.39 is 11.6 Å². The van der Waals surface area contributed by atoms with Crippen LogP contribution >= 0.6 is 0 Å². The predicted molar refractivity (Wildman–Crippen MR) is 88.4 cm³/mol. The van der Waals surface area contributed by atoms with Crippen LogP contribution in [0.5, 0.6) is 5.75 Å². The fourth-order valence-electron chi connectivity index (χ4n) is 2.30. The van der Waals surface area contributed by atoms with Crippen LogP contribution in [0.25, 0.3) is 11.1 Å². The highest BCUT2D eigenvalue weighted by Crippen LogP contribution is 2.28. The fourth-order valence-corrected chi connectivity index (χ4v) is 2.30. The third-order valence-electron chi connectivity index (χ3n) is 3.51. The molecule has 0 bridgehead atoms. The Labute approximate surface area is 138 Å². The lowest BCUT2D eigenvalue weighted by Gasteiger charge is -2.11. The maximum absolute atomic E-state index is 13.8. The highest BCUT2D eigenvalue weighted by molar-refractivity contribution is 5.68. The first kappa shape index (κ1) is 15.9. The molecule has 4 nitrogen and oxygen atoms in total. The maximum atomic E-state index is 13.8. The fraction of sp³-hybridized carbons (Fsp3) is 0.111. The van der Waals surface area contributed by atoms with Crippen LogP contribution < -0.4 is 10.1 Å². The van der Waals surface area contributed by atoms with Gasteiger partial charge in [0.05, 0.1) is 19.0 Å². The van der Waals surface area contributed by atoms with Gasteiger partial charge in [-0.25, -0.2) is 13.8 Å². The molecule has 0 spiro atoms. The number of aromatic nitrogens is 2. The maximum Gasteiger partial charge on any atom is 0.166 e. The molecule has 3 aromatic rings. The number of hydrogen-bond donors (Lipinski definition) is 1. The molecular weight excluding hydrogens is 312 g/mol. The molecule has 0 aliphatic rings. The van der Waals surface area contributed by atoms with Gasteiger partial charge in [-0.3, -0.25) is 4.98 Å². The molecule has 0 amide bonds. The zero-order valence-electron chi connectivity index (χ0n) is 13.2. The number of rotatable bonds is 4. The summed E-state index contributed by atoms with van der Waals surface area (Å²) in [4.78, 5) is 8.41. The first-order chi connectivity index (χ1) is 11.6. The van der Waals surface area contributed by atoms with E-state index >= 15 is 0 Å². The molecule has 0 atom stereocenters. The van der Waals surface area contributed by atoms with Crippen molar-refractivity contribution in [2.45, 2.75) is 6.92 Å². The topological polar surface area (TPSA) is 47.0 Å². The van der Waals surface area contributed by atoms with Crippen molar-refractivity contribution in [3.63, 3.8) is 0 Å². The zero-order valence-corrected chi connectivity index (χ0v) is 13.2. The van der Waals surface area contributed by atoms with Crippen LogP contribution in [0.15, 0.2) is 48.8 Å². The molecule has 1 N–H and O–H groups in total. The Morgan fingerprint density at radius 2 is 1.88 bits per heavy atom. The van der Waals surface area contributed by atoms with Gasteiger partial charge in [0.2, 0.25) is 0 Å². The quantitative estimate of drug-likeness (QED) is 0.767. The summed E-state index contributed by atoms with van der Waals surface area (Å²) in [6.07, 6.45) is 3.11. The van der Waals surface area contributed by atoms with Crippen LogP contribution in [0.2, 0.25) is 0 Å². The van der Waals surface area contributed by atoms with Gasteiger partial charge in [0.15, 0.2) is 17.4 Å². The van der Waals surface area contributed by atoms with Gasteiger partial charge in [0, 0.05) is 23.0 Å². The minimum absolute atomic E-state index is 0.173. The Morgan fingerprint density at radius 1 is 1.04 bits per heavy atom. The van der Waals surface area contributed by atoms with Crippen LogP contribution in [0.3, 0.4) is 0 Å². The molecule has 24 heavy (non-hydrogen) atoms. The van der Waals surface area contributed by atoms with Crippen molar-refractivity contribution >= 4 is 11.5 Å². The van der Waals surface area contributed by atoms with E-state index in [1.807, 2.05) is 13.0 Å². The van der Waals surface area contributed by atoms with Gasteiger partial charge in [-0.2, -0.15) is 0 Å². The van der Waals surface area contributed by atoms with E-state index in [2.05, 4.69) is 15.3 Å². The average molecular weight is 327 g/mol. The summed E-state index contributed by atoms with van der Waals surface area (Å²) in [6.45, 7) is 1.87. The lowest BCUT2D eigenvalue weighted by Crippen LogP contribution is -1.98. The summed E-state index contributed by atoms with van der Waals surface area (Å²) >= 11 is 0. The number of hydrogen-bond acceptors (Lipinski definition) is 4. The van der Waals surface area contributed by atoms with E-state index in [-0.39, 0.29) is 5.56 Å². The largest absolute Gasteiger partial charge is 0.493 e. The number of halogens is 2. The molecule has 6 heteroatoms. The van der Waals surface area contributed by atoms with Crippen LogP contribution in [-0.2, 0) is 0 Å². The molecule has 0 saturated heterocycles. The van der Waals surface area contributed by atoms with E-state index in [0.717, 1.165) is 17.4 Å². The van der Waals surface area contributed by atoms with E-state index in [4.69, 9.17) is 4.74 Å². The second kappa shape index (κ2) is 6.62. The molecule has 1 aromatic carbocycles. The van der Waals surface area contributed by atoms with E-state index in [0.29, 0.717) is 17.1 Å².